The Morgan fingerprint density at radius 1 is 1.00 bits per heavy atom. The maximum absolute atomic E-state index is 5.98. The summed E-state index contributed by atoms with van der Waals surface area (Å²) in [4.78, 5) is 0. The molecule has 1 radical (unpaired) electrons. The Balaban J connectivity index is 4.07. The van der Waals surface area contributed by atoms with Gasteiger partial charge in [-0.25, -0.2) is 0 Å². The molecule has 2 nitrogen and oxygen atoms in total. The summed E-state index contributed by atoms with van der Waals surface area (Å²) in [6.07, 6.45) is 0.194. The van der Waals surface area contributed by atoms with E-state index in [-0.39, 0.29) is 6.10 Å². The second-order valence-corrected chi connectivity index (χ2v) is 15.6. The van der Waals surface area contributed by atoms with Crippen LogP contribution in [-0.2, 0) is 8.85 Å². The van der Waals surface area contributed by atoms with Gasteiger partial charge in [-0.3, -0.25) is 0 Å². The van der Waals surface area contributed by atoms with E-state index in [2.05, 4.69) is 46.2 Å². The first kappa shape index (κ1) is 14.6. The lowest BCUT2D eigenvalue weighted by Gasteiger charge is -2.31. The van der Waals surface area contributed by atoms with Crippen molar-refractivity contribution < 1.29 is 8.85 Å². The van der Waals surface area contributed by atoms with E-state index < -0.39 is 16.6 Å². The highest BCUT2D eigenvalue weighted by atomic mass is 28.4. The Morgan fingerprint density at radius 2 is 1.43 bits per heavy atom. The van der Waals surface area contributed by atoms with Crippen LogP contribution in [0.25, 0.3) is 0 Å². The molecule has 0 aromatic rings. The number of rotatable bonds is 5. The van der Waals surface area contributed by atoms with Crippen molar-refractivity contribution in [2.75, 3.05) is 0 Å². The number of hydrogen-bond donors (Lipinski definition) is 0. The van der Waals surface area contributed by atoms with E-state index in [1.807, 2.05) is 0 Å². The molecule has 0 aliphatic carbocycles. The quantitative estimate of drug-likeness (QED) is 0.693. The predicted octanol–water partition coefficient (Wildman–Crippen LogP) is 1.93. The average Bonchev–Trinajstić information content (AvgIpc) is 1.78. The molecule has 0 heterocycles. The minimum atomic E-state index is -1.43. The van der Waals surface area contributed by atoms with Gasteiger partial charge in [-0.1, -0.05) is 0 Å². The summed E-state index contributed by atoms with van der Waals surface area (Å²) in [5, 5.41) is 0. The lowest BCUT2D eigenvalue weighted by Crippen LogP contribution is -2.39. The Labute approximate surface area is 94.1 Å². The van der Waals surface area contributed by atoms with Gasteiger partial charge in [0.1, 0.15) is 0 Å². The van der Waals surface area contributed by atoms with Crippen LogP contribution < -0.4 is 0 Å². The lowest BCUT2D eigenvalue weighted by atomic mass is 10.4. The summed E-state index contributed by atoms with van der Waals surface area (Å²) in [7, 11) is -1.87. The predicted molar refractivity (Wildman–Crippen MR) is 71.5 cm³/mol. The summed E-state index contributed by atoms with van der Waals surface area (Å²) < 4.78 is 11.9. The smallest absolute Gasteiger partial charge is 0.184 e. The first-order valence-corrected chi connectivity index (χ1v) is 13.0. The van der Waals surface area contributed by atoms with Crippen LogP contribution in [0.15, 0.2) is 0 Å². The fraction of sp³-hybridized carbons (Fsp3) is 0.889. The van der Waals surface area contributed by atoms with Crippen LogP contribution in [0.1, 0.15) is 6.92 Å². The topological polar surface area (TPSA) is 18.5 Å². The van der Waals surface area contributed by atoms with E-state index >= 15 is 0 Å². The molecule has 5 heteroatoms. The summed E-state index contributed by atoms with van der Waals surface area (Å²) >= 11 is 0. The van der Waals surface area contributed by atoms with Gasteiger partial charge in [0.05, 0.1) is 11.8 Å². The molecule has 0 spiro atoms. The lowest BCUT2D eigenvalue weighted by molar-refractivity contribution is 0.167. The van der Waals surface area contributed by atoms with E-state index in [0.717, 1.165) is 10.2 Å². The van der Waals surface area contributed by atoms with Gasteiger partial charge in [0, 0.05) is 10.2 Å². The van der Waals surface area contributed by atoms with E-state index in [0.29, 0.717) is 0 Å². The van der Waals surface area contributed by atoms with Crippen molar-refractivity contribution in [2.24, 2.45) is 0 Å². The molecule has 0 saturated carbocycles. The zero-order valence-corrected chi connectivity index (χ0v) is 14.9. The highest BCUT2D eigenvalue weighted by molar-refractivity contribution is 6.70. The zero-order valence-electron chi connectivity index (χ0n) is 10.9. The molecule has 0 aromatic heterocycles. The van der Waals surface area contributed by atoms with Crippen molar-refractivity contribution in [1.82, 2.24) is 0 Å². The van der Waals surface area contributed by atoms with Gasteiger partial charge in [-0.2, -0.15) is 0 Å². The molecular weight excluding hydrogens is 224 g/mol. The molecule has 0 bridgehead atoms. The second kappa shape index (κ2) is 5.07. The average molecular weight is 250 g/mol. The van der Waals surface area contributed by atoms with Crippen molar-refractivity contribution in [1.29, 1.82) is 0 Å². The van der Waals surface area contributed by atoms with Gasteiger partial charge < -0.3 is 8.85 Å². The van der Waals surface area contributed by atoms with Crippen LogP contribution in [0.4, 0.5) is 0 Å². The Kier molecular flexibility index (Phi) is 5.27. The first-order valence-electron chi connectivity index (χ1n) is 5.21. The van der Waals surface area contributed by atoms with Gasteiger partial charge >= 0.3 is 0 Å². The molecule has 0 aromatic carbocycles. The Hall–Kier alpha value is 0.571. The summed E-state index contributed by atoms with van der Waals surface area (Å²) in [6.45, 7) is 15.4. The van der Waals surface area contributed by atoms with Crippen LogP contribution in [0.3, 0.4) is 0 Å². The molecule has 0 aliphatic rings. The molecular formula is C9H25O2Si3. The largest absolute Gasteiger partial charge is 0.412 e. The zero-order chi connectivity index (χ0) is 11.6. The third-order valence-corrected chi connectivity index (χ3v) is 4.99. The second-order valence-electron chi connectivity index (χ2n) is 5.70. The van der Waals surface area contributed by atoms with Gasteiger partial charge in [0.25, 0.3) is 0 Å². The molecule has 1 atom stereocenters. The molecule has 85 valence electrons. The third kappa shape index (κ3) is 7.93. The van der Waals surface area contributed by atoms with Crippen molar-refractivity contribution in [3.63, 3.8) is 0 Å². The molecule has 0 aliphatic heterocycles. The highest BCUT2D eigenvalue weighted by Crippen LogP contribution is 2.18. The van der Waals surface area contributed by atoms with Crippen LogP contribution in [0, 0.1) is 5.73 Å². The van der Waals surface area contributed by atoms with Crippen LogP contribution in [0.5, 0.6) is 0 Å². The van der Waals surface area contributed by atoms with E-state index in [1.165, 1.54) is 5.73 Å². The molecule has 0 fully saturated rings. The molecule has 0 amide bonds. The Bertz CT molecular complexity index is 152. The minimum absolute atomic E-state index is 0.194. The van der Waals surface area contributed by atoms with Gasteiger partial charge in [-0.05, 0) is 46.2 Å². The minimum Gasteiger partial charge on any atom is -0.412 e. The highest BCUT2D eigenvalue weighted by Gasteiger charge is 2.26. The maximum atomic E-state index is 5.98. The van der Waals surface area contributed by atoms with Crippen molar-refractivity contribution >= 4 is 26.9 Å². The van der Waals surface area contributed by atoms with E-state index in [9.17, 15) is 0 Å². The first-order chi connectivity index (χ1) is 6.01. The van der Waals surface area contributed by atoms with Crippen molar-refractivity contribution in [2.45, 2.75) is 52.3 Å². The molecule has 0 rings (SSSR count). The summed E-state index contributed by atoms with van der Waals surface area (Å²) in [5.41, 5.74) is 1.17. The third-order valence-electron chi connectivity index (χ3n) is 1.57. The molecule has 0 N–H and O–H groups in total. The SMILES string of the molecule is CC(O[Si](C)(C)C)[C]([SiH3])O[Si](C)(C)C. The van der Waals surface area contributed by atoms with Gasteiger partial charge in [-0.15, -0.1) is 0 Å². The molecule has 1 unspecified atom stereocenters. The van der Waals surface area contributed by atoms with Gasteiger partial charge in [0.2, 0.25) is 0 Å². The van der Waals surface area contributed by atoms with Crippen molar-refractivity contribution in [3.8, 4) is 0 Å². The Morgan fingerprint density at radius 3 is 1.71 bits per heavy atom. The fourth-order valence-corrected chi connectivity index (χ4v) is 5.73. The van der Waals surface area contributed by atoms with Gasteiger partial charge in [0.15, 0.2) is 16.6 Å². The standard InChI is InChI=1S/C9H25O2Si3/c1-8(10-13(2,3)4)9(12)11-14(5,6)7/h8H,1-7,12H3. The van der Waals surface area contributed by atoms with E-state index in [4.69, 9.17) is 8.85 Å². The van der Waals surface area contributed by atoms with Crippen LogP contribution >= 0.6 is 0 Å². The van der Waals surface area contributed by atoms with E-state index in [1.54, 1.807) is 0 Å². The summed E-state index contributed by atoms with van der Waals surface area (Å²) in [5.74, 6) is 0. The normalized spacial score (nSPS) is 16.3. The molecule has 0 saturated heterocycles. The number of hydrogen-bond acceptors (Lipinski definition) is 2. The molecule has 14 heavy (non-hydrogen) atoms. The monoisotopic (exact) mass is 249 g/mol. The van der Waals surface area contributed by atoms with Crippen LogP contribution in [-0.4, -0.2) is 33.0 Å². The van der Waals surface area contributed by atoms with Crippen LogP contribution in [0.2, 0.25) is 39.3 Å². The summed E-state index contributed by atoms with van der Waals surface area (Å²) in [6, 6.07) is 0. The fourth-order valence-electron chi connectivity index (χ4n) is 1.18. The van der Waals surface area contributed by atoms with Crippen molar-refractivity contribution in [3.05, 3.63) is 5.73 Å². The maximum Gasteiger partial charge on any atom is 0.184 e.